The molecule has 1 unspecified atom stereocenters. The Labute approximate surface area is 181 Å². The van der Waals surface area contributed by atoms with E-state index in [9.17, 15) is 4.79 Å². The molecule has 0 bridgehead atoms. The molecule has 1 saturated carbocycles. The third kappa shape index (κ3) is 6.00. The van der Waals surface area contributed by atoms with Crippen LogP contribution in [0.1, 0.15) is 51.0 Å². The van der Waals surface area contributed by atoms with Gasteiger partial charge >= 0.3 is 0 Å². The highest BCUT2D eigenvalue weighted by Crippen LogP contribution is 2.29. The normalized spacial score (nSPS) is 15.7. The summed E-state index contributed by atoms with van der Waals surface area (Å²) in [5, 5.41) is 12.9. The molecule has 1 fully saturated rings. The topological polar surface area (TPSA) is 69.0 Å². The fourth-order valence-corrected chi connectivity index (χ4v) is 4.38. The third-order valence-electron chi connectivity index (χ3n) is 4.86. The maximum atomic E-state index is 12.3. The first-order chi connectivity index (χ1) is 14.1. The number of carbonyl (C=O) groups is 1. The zero-order valence-corrected chi connectivity index (χ0v) is 18.2. The summed E-state index contributed by atoms with van der Waals surface area (Å²) in [5.41, 5.74) is 0. The minimum Gasteiger partial charge on any atom is -0.481 e. The van der Waals surface area contributed by atoms with Crippen LogP contribution in [0.2, 0.25) is 5.02 Å². The van der Waals surface area contributed by atoms with Gasteiger partial charge in [0.1, 0.15) is 5.75 Å². The Hall–Kier alpha value is -1.99. The lowest BCUT2D eigenvalue weighted by Gasteiger charge is -2.22. The van der Waals surface area contributed by atoms with Crippen LogP contribution in [-0.4, -0.2) is 32.5 Å². The number of carbonyl (C=O) groups excluding carboxylic acids is 1. The largest absolute Gasteiger partial charge is 0.481 e. The molecule has 2 aromatic rings. The van der Waals surface area contributed by atoms with Crippen molar-refractivity contribution in [3.8, 4) is 5.75 Å². The van der Waals surface area contributed by atoms with E-state index >= 15 is 0 Å². The van der Waals surface area contributed by atoms with Gasteiger partial charge in [-0.15, -0.1) is 16.8 Å². The Morgan fingerprint density at radius 2 is 2.14 bits per heavy atom. The van der Waals surface area contributed by atoms with Crippen LogP contribution in [-0.2, 0) is 11.3 Å². The molecule has 0 aliphatic heterocycles. The third-order valence-corrected chi connectivity index (χ3v) is 6.14. The smallest absolute Gasteiger partial charge is 0.230 e. The van der Waals surface area contributed by atoms with Crippen molar-refractivity contribution < 1.29 is 9.53 Å². The highest BCUT2D eigenvalue weighted by molar-refractivity contribution is 7.99. The first-order valence-electron chi connectivity index (χ1n) is 9.95. The van der Waals surface area contributed by atoms with Crippen molar-refractivity contribution >= 4 is 29.3 Å². The Kier molecular flexibility index (Phi) is 8.00. The van der Waals surface area contributed by atoms with Gasteiger partial charge in [0, 0.05) is 12.6 Å². The summed E-state index contributed by atoms with van der Waals surface area (Å²) in [4.78, 5) is 12.3. The predicted octanol–water partition coefficient (Wildman–Crippen LogP) is 4.80. The molecule has 1 aromatic heterocycles. The van der Waals surface area contributed by atoms with Crippen molar-refractivity contribution in [2.45, 2.75) is 62.9 Å². The average Bonchev–Trinajstić information content (AvgIpc) is 3.12. The lowest BCUT2D eigenvalue weighted by molar-refractivity contribution is -0.119. The van der Waals surface area contributed by atoms with Gasteiger partial charge in [0.15, 0.2) is 17.1 Å². The van der Waals surface area contributed by atoms with E-state index in [1.165, 1.54) is 31.0 Å². The second-order valence-corrected chi connectivity index (χ2v) is 8.47. The van der Waals surface area contributed by atoms with Crippen molar-refractivity contribution in [2.75, 3.05) is 5.75 Å². The van der Waals surface area contributed by atoms with E-state index in [1.54, 1.807) is 12.1 Å². The SMILES string of the molecule is C=CCn1c(SCC(=O)NC2CCCCC2)nnc1C(C)Oc1ccccc1Cl. The van der Waals surface area contributed by atoms with Gasteiger partial charge in [-0.3, -0.25) is 9.36 Å². The molecule has 0 saturated heterocycles. The fraction of sp³-hybridized carbons (Fsp3) is 0.476. The first-order valence-corrected chi connectivity index (χ1v) is 11.3. The molecule has 156 valence electrons. The zero-order chi connectivity index (χ0) is 20.6. The van der Waals surface area contributed by atoms with Crippen molar-refractivity contribution in [2.24, 2.45) is 0 Å². The van der Waals surface area contributed by atoms with E-state index in [0.29, 0.717) is 40.1 Å². The van der Waals surface area contributed by atoms with Gasteiger partial charge < -0.3 is 10.1 Å². The Morgan fingerprint density at radius 3 is 2.86 bits per heavy atom. The number of ether oxygens (including phenoxy) is 1. The van der Waals surface area contributed by atoms with Crippen LogP contribution >= 0.6 is 23.4 Å². The Morgan fingerprint density at radius 1 is 1.38 bits per heavy atom. The average molecular weight is 435 g/mol. The number of thioether (sulfide) groups is 1. The van der Waals surface area contributed by atoms with Crippen molar-refractivity contribution in [1.82, 2.24) is 20.1 Å². The van der Waals surface area contributed by atoms with Crippen molar-refractivity contribution in [3.05, 3.63) is 47.8 Å². The van der Waals surface area contributed by atoms with E-state index in [4.69, 9.17) is 16.3 Å². The number of aromatic nitrogens is 3. The van der Waals surface area contributed by atoms with Gasteiger partial charge in [-0.25, -0.2) is 0 Å². The van der Waals surface area contributed by atoms with Gasteiger partial charge in [-0.2, -0.15) is 0 Å². The monoisotopic (exact) mass is 434 g/mol. The molecule has 6 nitrogen and oxygen atoms in total. The molecule has 3 rings (SSSR count). The van der Waals surface area contributed by atoms with E-state index in [0.717, 1.165) is 12.8 Å². The molecule has 1 aliphatic carbocycles. The summed E-state index contributed by atoms with van der Waals surface area (Å²) in [6.07, 6.45) is 7.22. The second-order valence-electron chi connectivity index (χ2n) is 7.12. The van der Waals surface area contributed by atoms with Gasteiger partial charge in [0.05, 0.1) is 10.8 Å². The number of hydrogen-bond acceptors (Lipinski definition) is 5. The molecule has 1 atom stereocenters. The quantitative estimate of drug-likeness (QED) is 0.453. The highest BCUT2D eigenvalue weighted by atomic mass is 35.5. The molecule has 1 aromatic carbocycles. The minimum atomic E-state index is -0.354. The van der Waals surface area contributed by atoms with Crippen LogP contribution in [0.4, 0.5) is 0 Å². The summed E-state index contributed by atoms with van der Waals surface area (Å²) in [7, 11) is 0. The number of rotatable bonds is 9. The molecular weight excluding hydrogens is 408 g/mol. The van der Waals surface area contributed by atoms with E-state index < -0.39 is 0 Å². The molecular formula is C21H27ClN4O2S. The summed E-state index contributed by atoms with van der Waals surface area (Å²) >= 11 is 7.57. The standard InChI is InChI=1S/C21H27ClN4O2S/c1-3-13-26-20(15(2)28-18-12-8-7-11-17(18)22)24-25-21(26)29-14-19(27)23-16-9-5-4-6-10-16/h3,7-8,11-12,15-16H,1,4-6,9-10,13-14H2,2H3,(H,23,27). The van der Waals surface area contributed by atoms with Crippen LogP contribution in [0.5, 0.6) is 5.75 Å². The van der Waals surface area contributed by atoms with Crippen molar-refractivity contribution in [3.63, 3.8) is 0 Å². The van der Waals surface area contributed by atoms with Crippen LogP contribution in [0.25, 0.3) is 0 Å². The number of amides is 1. The van der Waals surface area contributed by atoms with Crippen LogP contribution in [0.3, 0.4) is 0 Å². The predicted molar refractivity (Wildman–Crippen MR) is 116 cm³/mol. The molecule has 29 heavy (non-hydrogen) atoms. The molecule has 1 N–H and O–H groups in total. The van der Waals surface area contributed by atoms with E-state index in [-0.39, 0.29) is 12.0 Å². The number of halogens is 1. The maximum Gasteiger partial charge on any atom is 0.230 e. The number of nitrogens with zero attached hydrogens (tertiary/aromatic N) is 3. The van der Waals surface area contributed by atoms with Crippen LogP contribution in [0.15, 0.2) is 42.1 Å². The lowest BCUT2D eigenvalue weighted by Crippen LogP contribution is -2.37. The lowest BCUT2D eigenvalue weighted by atomic mass is 9.95. The molecule has 8 heteroatoms. The van der Waals surface area contributed by atoms with E-state index in [1.807, 2.05) is 29.7 Å². The van der Waals surface area contributed by atoms with Crippen LogP contribution in [0, 0.1) is 0 Å². The van der Waals surface area contributed by atoms with Gasteiger partial charge in [-0.1, -0.05) is 60.8 Å². The summed E-state index contributed by atoms with van der Waals surface area (Å²) in [5.74, 6) is 1.61. The minimum absolute atomic E-state index is 0.0389. The molecule has 0 spiro atoms. The maximum absolute atomic E-state index is 12.3. The number of benzene rings is 1. The Balaban J connectivity index is 1.63. The summed E-state index contributed by atoms with van der Waals surface area (Å²) in [6.45, 7) is 6.25. The molecule has 0 radical (unpaired) electrons. The van der Waals surface area contributed by atoms with Crippen LogP contribution < -0.4 is 10.1 Å². The number of para-hydroxylation sites is 1. The second kappa shape index (κ2) is 10.7. The highest BCUT2D eigenvalue weighted by Gasteiger charge is 2.21. The molecule has 1 aliphatic rings. The Bertz CT molecular complexity index is 836. The fourth-order valence-electron chi connectivity index (χ4n) is 3.44. The zero-order valence-electron chi connectivity index (χ0n) is 16.6. The number of hydrogen-bond donors (Lipinski definition) is 1. The number of allylic oxidation sites excluding steroid dienone is 1. The van der Waals surface area contributed by atoms with Gasteiger partial charge in [0.2, 0.25) is 5.91 Å². The van der Waals surface area contributed by atoms with Gasteiger partial charge in [-0.05, 0) is 31.9 Å². The van der Waals surface area contributed by atoms with Crippen molar-refractivity contribution in [1.29, 1.82) is 0 Å². The summed E-state index contributed by atoms with van der Waals surface area (Å²) in [6, 6.07) is 7.63. The molecule has 1 heterocycles. The van der Waals surface area contributed by atoms with Gasteiger partial charge in [0.25, 0.3) is 0 Å². The summed E-state index contributed by atoms with van der Waals surface area (Å²) < 4.78 is 7.90. The first kappa shape index (κ1) is 21.7. The molecule has 1 amide bonds. The van der Waals surface area contributed by atoms with E-state index in [2.05, 4.69) is 22.1 Å². The number of nitrogens with one attached hydrogen (secondary N) is 1.